The number of carbonyl (C=O) groups excluding carboxylic acids is 1. The molecule has 154 valence electrons. The maximum absolute atomic E-state index is 12.8. The van der Waals surface area contributed by atoms with Crippen molar-refractivity contribution in [3.8, 4) is 0 Å². The van der Waals surface area contributed by atoms with Crippen molar-refractivity contribution in [2.45, 2.75) is 89.8 Å². The van der Waals surface area contributed by atoms with Gasteiger partial charge in [-0.2, -0.15) is 0 Å². The Morgan fingerprint density at radius 3 is 2.50 bits per heavy atom. The van der Waals surface area contributed by atoms with Gasteiger partial charge in [0.05, 0.1) is 6.10 Å². The van der Waals surface area contributed by atoms with Crippen LogP contribution >= 0.6 is 0 Å². The first-order chi connectivity index (χ1) is 13.5. The van der Waals surface area contributed by atoms with E-state index >= 15 is 0 Å². The van der Waals surface area contributed by atoms with E-state index in [0.717, 1.165) is 39.0 Å². The van der Waals surface area contributed by atoms with E-state index in [1.807, 2.05) is 0 Å². The maximum Gasteiger partial charge on any atom is 0.227 e. The molecule has 1 amide bonds. The van der Waals surface area contributed by atoms with Crippen LogP contribution in [0.4, 0.5) is 5.69 Å². The maximum atomic E-state index is 12.8. The highest BCUT2D eigenvalue weighted by Gasteiger charge is 2.40. The van der Waals surface area contributed by atoms with Gasteiger partial charge < -0.3 is 9.64 Å². The third-order valence-electron chi connectivity index (χ3n) is 7.38. The zero-order chi connectivity index (χ0) is 19.7. The number of aryl methyl sites for hydroxylation is 2. The molecule has 0 radical (unpaired) electrons. The molecule has 1 saturated carbocycles. The number of hydrogen-bond acceptors (Lipinski definition) is 3. The summed E-state index contributed by atoms with van der Waals surface area (Å²) in [6, 6.07) is 6.97. The average molecular weight is 385 g/mol. The number of amides is 1. The molecule has 0 spiro atoms. The van der Waals surface area contributed by atoms with Gasteiger partial charge in [-0.15, -0.1) is 0 Å². The molecule has 4 nitrogen and oxygen atoms in total. The number of anilines is 1. The van der Waals surface area contributed by atoms with Gasteiger partial charge in [0.15, 0.2) is 0 Å². The summed E-state index contributed by atoms with van der Waals surface area (Å²) in [4.78, 5) is 17.7. The van der Waals surface area contributed by atoms with Crippen LogP contribution in [0.3, 0.4) is 0 Å². The van der Waals surface area contributed by atoms with E-state index in [2.05, 4.69) is 48.8 Å². The molecular weight excluding hydrogens is 348 g/mol. The van der Waals surface area contributed by atoms with Gasteiger partial charge in [-0.25, -0.2) is 0 Å². The van der Waals surface area contributed by atoms with Crippen molar-refractivity contribution < 1.29 is 9.53 Å². The van der Waals surface area contributed by atoms with Crippen LogP contribution in [0.2, 0.25) is 0 Å². The van der Waals surface area contributed by atoms with E-state index < -0.39 is 0 Å². The first-order valence-electron chi connectivity index (χ1n) is 11.3. The summed E-state index contributed by atoms with van der Waals surface area (Å²) in [7, 11) is 0. The van der Waals surface area contributed by atoms with Gasteiger partial charge in [-0.05, 0) is 82.9 Å². The number of likely N-dealkylation sites (tertiary alicyclic amines) is 1. The van der Waals surface area contributed by atoms with Crippen LogP contribution in [-0.4, -0.2) is 48.2 Å². The highest BCUT2D eigenvalue weighted by atomic mass is 16.5. The second-order valence-electron chi connectivity index (χ2n) is 9.27. The molecule has 0 unspecified atom stereocenters. The monoisotopic (exact) mass is 384 g/mol. The summed E-state index contributed by atoms with van der Waals surface area (Å²) in [6.45, 7) is 9.70. The zero-order valence-corrected chi connectivity index (χ0v) is 17.9. The lowest BCUT2D eigenvalue weighted by Crippen LogP contribution is -2.56. The van der Waals surface area contributed by atoms with Crippen LogP contribution in [0.1, 0.15) is 69.9 Å². The Kier molecular flexibility index (Phi) is 5.80. The lowest BCUT2D eigenvalue weighted by Gasteiger charge is -2.50. The van der Waals surface area contributed by atoms with E-state index in [-0.39, 0.29) is 0 Å². The smallest absolute Gasteiger partial charge is 0.227 e. The van der Waals surface area contributed by atoms with Crippen LogP contribution < -0.4 is 4.90 Å². The third kappa shape index (κ3) is 3.86. The van der Waals surface area contributed by atoms with Crippen molar-refractivity contribution in [1.29, 1.82) is 0 Å². The lowest BCUT2D eigenvalue weighted by atomic mass is 9.79. The SMILES string of the molecule is CCOC1CCC(C)(N2CCC(N3C(=O)CCc4ccc(C)cc43)CC2)CC1. The number of ether oxygens (including phenoxy) is 1. The van der Waals surface area contributed by atoms with E-state index in [9.17, 15) is 4.79 Å². The van der Waals surface area contributed by atoms with Gasteiger partial charge in [0, 0.05) is 43.4 Å². The molecule has 4 rings (SSSR count). The molecule has 28 heavy (non-hydrogen) atoms. The largest absolute Gasteiger partial charge is 0.379 e. The summed E-state index contributed by atoms with van der Waals surface area (Å²) >= 11 is 0. The standard InChI is InChI=1S/C24H36N2O2/c1-4-28-21-9-13-24(3,14-10-21)25-15-11-20(12-16-25)26-22-17-18(2)5-6-19(22)7-8-23(26)27/h5-6,17,20-21H,4,7-16H2,1-3H3. The van der Waals surface area contributed by atoms with Crippen LogP contribution in [0, 0.1) is 6.92 Å². The summed E-state index contributed by atoms with van der Waals surface area (Å²) in [6.07, 6.45) is 9.01. The number of carbonyl (C=O) groups is 1. The average Bonchev–Trinajstić information content (AvgIpc) is 2.70. The molecule has 1 aromatic carbocycles. The van der Waals surface area contributed by atoms with Crippen molar-refractivity contribution in [3.63, 3.8) is 0 Å². The second kappa shape index (κ2) is 8.16. The Hall–Kier alpha value is -1.39. The molecule has 3 aliphatic rings. The predicted octanol–water partition coefficient (Wildman–Crippen LogP) is 4.48. The molecule has 1 aromatic rings. The molecule has 2 fully saturated rings. The molecule has 0 atom stereocenters. The van der Waals surface area contributed by atoms with Crippen molar-refractivity contribution in [2.75, 3.05) is 24.6 Å². The number of benzene rings is 1. The quantitative estimate of drug-likeness (QED) is 0.767. The first-order valence-corrected chi connectivity index (χ1v) is 11.3. The van der Waals surface area contributed by atoms with Gasteiger partial charge in [0.2, 0.25) is 5.91 Å². The van der Waals surface area contributed by atoms with Crippen molar-refractivity contribution >= 4 is 11.6 Å². The number of piperidine rings is 1. The molecule has 1 saturated heterocycles. The number of rotatable bonds is 4. The lowest BCUT2D eigenvalue weighted by molar-refractivity contribution is -0.119. The Morgan fingerprint density at radius 1 is 1.11 bits per heavy atom. The number of nitrogens with zero attached hydrogens (tertiary/aromatic N) is 2. The van der Waals surface area contributed by atoms with Gasteiger partial charge in [-0.3, -0.25) is 9.69 Å². The minimum absolute atomic E-state index is 0.305. The topological polar surface area (TPSA) is 32.8 Å². The van der Waals surface area contributed by atoms with Crippen molar-refractivity contribution in [1.82, 2.24) is 4.90 Å². The van der Waals surface area contributed by atoms with Crippen LogP contribution in [0.15, 0.2) is 18.2 Å². The minimum atomic E-state index is 0.305. The van der Waals surface area contributed by atoms with Crippen LogP contribution in [0.25, 0.3) is 0 Å². The predicted molar refractivity (Wildman–Crippen MR) is 114 cm³/mol. The highest BCUT2D eigenvalue weighted by Crippen LogP contribution is 2.38. The Bertz CT molecular complexity index is 701. The first kappa shape index (κ1) is 19.9. The third-order valence-corrected chi connectivity index (χ3v) is 7.38. The van der Waals surface area contributed by atoms with Crippen molar-refractivity contribution in [2.24, 2.45) is 0 Å². The molecule has 0 aromatic heterocycles. The number of hydrogen-bond donors (Lipinski definition) is 0. The Labute approximate surface area is 170 Å². The molecule has 0 bridgehead atoms. The number of fused-ring (bicyclic) bond motifs is 1. The van der Waals surface area contributed by atoms with Gasteiger partial charge in [0.25, 0.3) is 0 Å². The fourth-order valence-electron chi connectivity index (χ4n) is 5.60. The van der Waals surface area contributed by atoms with Gasteiger partial charge in [0.1, 0.15) is 0 Å². The minimum Gasteiger partial charge on any atom is -0.379 e. The summed E-state index contributed by atoms with van der Waals surface area (Å²) < 4.78 is 5.85. The fourth-order valence-corrected chi connectivity index (χ4v) is 5.60. The normalized spacial score (nSPS) is 29.8. The van der Waals surface area contributed by atoms with Crippen LogP contribution in [-0.2, 0) is 16.0 Å². The summed E-state index contributed by atoms with van der Waals surface area (Å²) in [5.41, 5.74) is 4.07. The molecular formula is C24H36N2O2. The van der Waals surface area contributed by atoms with E-state index in [0.29, 0.717) is 30.0 Å². The van der Waals surface area contributed by atoms with E-state index in [1.165, 1.54) is 42.5 Å². The molecule has 0 N–H and O–H groups in total. The van der Waals surface area contributed by atoms with Gasteiger partial charge >= 0.3 is 0 Å². The van der Waals surface area contributed by atoms with Crippen LogP contribution in [0.5, 0.6) is 0 Å². The molecule has 1 aliphatic carbocycles. The molecule has 4 heteroatoms. The van der Waals surface area contributed by atoms with Crippen molar-refractivity contribution in [3.05, 3.63) is 29.3 Å². The zero-order valence-electron chi connectivity index (χ0n) is 17.9. The highest BCUT2D eigenvalue weighted by molar-refractivity contribution is 5.97. The Balaban J connectivity index is 1.41. The van der Waals surface area contributed by atoms with Gasteiger partial charge in [-0.1, -0.05) is 12.1 Å². The fraction of sp³-hybridized carbons (Fsp3) is 0.708. The summed E-state index contributed by atoms with van der Waals surface area (Å²) in [5.74, 6) is 0.319. The molecule has 2 aliphatic heterocycles. The molecule has 2 heterocycles. The summed E-state index contributed by atoms with van der Waals surface area (Å²) in [5, 5.41) is 0. The second-order valence-corrected chi connectivity index (χ2v) is 9.27. The Morgan fingerprint density at radius 2 is 1.82 bits per heavy atom. The van der Waals surface area contributed by atoms with E-state index in [4.69, 9.17) is 4.74 Å². The van der Waals surface area contributed by atoms with E-state index in [1.54, 1.807) is 0 Å².